The Morgan fingerprint density at radius 2 is 1.79 bits per heavy atom. The largest absolute Gasteiger partial charge is 0.325 e. The van der Waals surface area contributed by atoms with Crippen LogP contribution in [0.1, 0.15) is 0 Å². The maximum Gasteiger partial charge on any atom is 0.254 e. The van der Waals surface area contributed by atoms with Gasteiger partial charge in [0, 0.05) is 22.3 Å². The Balaban J connectivity index is 1.74. The van der Waals surface area contributed by atoms with E-state index in [9.17, 15) is 9.59 Å². The normalized spacial score (nSPS) is 10.4. The van der Waals surface area contributed by atoms with Crippen LogP contribution in [0.2, 0.25) is 5.02 Å². The van der Waals surface area contributed by atoms with E-state index < -0.39 is 0 Å². The van der Waals surface area contributed by atoms with Crippen LogP contribution in [-0.4, -0.2) is 15.5 Å². The third kappa shape index (κ3) is 3.88. The summed E-state index contributed by atoms with van der Waals surface area (Å²) in [5.41, 5.74) is 1.72. The van der Waals surface area contributed by atoms with Gasteiger partial charge in [-0.05, 0) is 24.3 Å². The highest BCUT2D eigenvalue weighted by Crippen LogP contribution is 2.17. The summed E-state index contributed by atoms with van der Waals surface area (Å²) in [7, 11) is 0. The predicted octanol–water partition coefficient (Wildman–Crippen LogP) is 3.20. The van der Waals surface area contributed by atoms with Crippen LogP contribution < -0.4 is 10.9 Å². The minimum Gasteiger partial charge on any atom is -0.325 e. The van der Waals surface area contributed by atoms with E-state index in [0.29, 0.717) is 16.4 Å². The zero-order chi connectivity index (χ0) is 16.9. The van der Waals surface area contributed by atoms with Gasteiger partial charge in [0.1, 0.15) is 6.54 Å². The summed E-state index contributed by atoms with van der Waals surface area (Å²) in [6, 6.07) is 17.5. The molecule has 24 heavy (non-hydrogen) atoms. The number of hydrogen-bond donors (Lipinski definition) is 1. The summed E-state index contributed by atoms with van der Waals surface area (Å²) in [6.45, 7) is -0.0956. The third-order valence-corrected chi connectivity index (χ3v) is 3.64. The van der Waals surface area contributed by atoms with E-state index in [-0.39, 0.29) is 18.0 Å². The van der Waals surface area contributed by atoms with Gasteiger partial charge in [0.05, 0.1) is 12.0 Å². The van der Waals surface area contributed by atoms with Gasteiger partial charge < -0.3 is 5.32 Å². The molecule has 5 nitrogen and oxygen atoms in total. The lowest BCUT2D eigenvalue weighted by atomic mass is 10.1. The molecule has 0 saturated heterocycles. The minimum absolute atomic E-state index is 0.0956. The van der Waals surface area contributed by atoms with Crippen LogP contribution in [0.15, 0.2) is 71.8 Å². The Hall–Kier alpha value is -2.92. The molecular formula is C18H14ClN3O2. The van der Waals surface area contributed by atoms with Crippen LogP contribution in [0.25, 0.3) is 11.3 Å². The molecular weight excluding hydrogens is 326 g/mol. The molecule has 0 atom stereocenters. The highest BCUT2D eigenvalue weighted by Gasteiger charge is 2.07. The quantitative estimate of drug-likeness (QED) is 0.794. The van der Waals surface area contributed by atoms with Crippen molar-refractivity contribution in [1.82, 2.24) is 9.55 Å². The molecule has 3 rings (SSSR count). The fourth-order valence-corrected chi connectivity index (χ4v) is 2.33. The Kier molecular flexibility index (Phi) is 4.72. The summed E-state index contributed by atoms with van der Waals surface area (Å²) >= 11 is 5.85. The highest BCUT2D eigenvalue weighted by atomic mass is 35.5. The number of hydrogen-bond acceptors (Lipinski definition) is 3. The van der Waals surface area contributed by atoms with Crippen molar-refractivity contribution in [3.05, 3.63) is 82.4 Å². The van der Waals surface area contributed by atoms with Gasteiger partial charge in [0.25, 0.3) is 5.56 Å². The first-order chi connectivity index (χ1) is 11.6. The van der Waals surface area contributed by atoms with Crippen molar-refractivity contribution in [2.75, 3.05) is 5.32 Å². The second-order valence-corrected chi connectivity index (χ2v) is 5.60. The average molecular weight is 340 g/mol. The van der Waals surface area contributed by atoms with Crippen LogP contribution in [0, 0.1) is 0 Å². The molecule has 1 heterocycles. The van der Waals surface area contributed by atoms with Gasteiger partial charge >= 0.3 is 0 Å². The van der Waals surface area contributed by atoms with Gasteiger partial charge in [0.2, 0.25) is 5.91 Å². The van der Waals surface area contributed by atoms with Crippen molar-refractivity contribution in [2.24, 2.45) is 0 Å². The molecule has 0 aliphatic heterocycles. The SMILES string of the molecule is O=C(Cn1cnc(-c2ccc(Cl)cc2)cc1=O)Nc1ccccc1. The van der Waals surface area contributed by atoms with Gasteiger partial charge in [-0.1, -0.05) is 41.9 Å². The molecule has 1 amide bonds. The van der Waals surface area contributed by atoms with E-state index in [2.05, 4.69) is 10.3 Å². The first kappa shape index (κ1) is 16.0. The van der Waals surface area contributed by atoms with Crippen molar-refractivity contribution in [3.63, 3.8) is 0 Å². The van der Waals surface area contributed by atoms with E-state index in [1.807, 2.05) is 18.2 Å². The zero-order valence-electron chi connectivity index (χ0n) is 12.6. The Morgan fingerprint density at radius 1 is 1.08 bits per heavy atom. The van der Waals surface area contributed by atoms with E-state index in [1.54, 1.807) is 36.4 Å². The van der Waals surface area contributed by atoms with E-state index in [4.69, 9.17) is 11.6 Å². The molecule has 120 valence electrons. The second kappa shape index (κ2) is 7.10. The summed E-state index contributed by atoms with van der Waals surface area (Å²) in [6.07, 6.45) is 1.37. The highest BCUT2D eigenvalue weighted by molar-refractivity contribution is 6.30. The van der Waals surface area contributed by atoms with Gasteiger partial charge in [-0.3, -0.25) is 14.2 Å². The summed E-state index contributed by atoms with van der Waals surface area (Å²) in [5.74, 6) is -0.288. The molecule has 0 saturated carbocycles. The topological polar surface area (TPSA) is 64.0 Å². The molecule has 0 aliphatic rings. The maximum atomic E-state index is 12.2. The summed E-state index contributed by atoms with van der Waals surface area (Å²) < 4.78 is 1.26. The fourth-order valence-electron chi connectivity index (χ4n) is 2.20. The Bertz CT molecular complexity index is 906. The fraction of sp³-hybridized carbons (Fsp3) is 0.0556. The van der Waals surface area contributed by atoms with Gasteiger partial charge in [-0.25, -0.2) is 4.98 Å². The van der Waals surface area contributed by atoms with Crippen LogP contribution in [-0.2, 0) is 11.3 Å². The van der Waals surface area contributed by atoms with Crippen molar-refractivity contribution in [1.29, 1.82) is 0 Å². The zero-order valence-corrected chi connectivity index (χ0v) is 13.4. The molecule has 0 fully saturated rings. The van der Waals surface area contributed by atoms with Crippen molar-refractivity contribution >= 4 is 23.2 Å². The molecule has 0 radical (unpaired) electrons. The summed E-state index contributed by atoms with van der Waals surface area (Å²) in [5, 5.41) is 3.34. The second-order valence-electron chi connectivity index (χ2n) is 5.16. The molecule has 1 aromatic heterocycles. The number of carbonyl (C=O) groups is 1. The lowest BCUT2D eigenvalue weighted by molar-refractivity contribution is -0.116. The van der Waals surface area contributed by atoms with E-state index in [1.165, 1.54) is 17.0 Å². The number of carbonyl (C=O) groups excluding carboxylic acids is 1. The van der Waals surface area contributed by atoms with Crippen LogP contribution in [0.5, 0.6) is 0 Å². The number of amides is 1. The van der Waals surface area contributed by atoms with Crippen LogP contribution in [0.3, 0.4) is 0 Å². The predicted molar refractivity (Wildman–Crippen MR) is 94.0 cm³/mol. The van der Waals surface area contributed by atoms with E-state index in [0.717, 1.165) is 5.56 Å². The van der Waals surface area contributed by atoms with Gasteiger partial charge in [0.15, 0.2) is 0 Å². The smallest absolute Gasteiger partial charge is 0.254 e. The minimum atomic E-state index is -0.293. The monoisotopic (exact) mass is 339 g/mol. The van der Waals surface area contributed by atoms with E-state index >= 15 is 0 Å². The number of benzene rings is 2. The molecule has 0 bridgehead atoms. The van der Waals surface area contributed by atoms with Crippen molar-refractivity contribution in [2.45, 2.75) is 6.54 Å². The molecule has 0 unspecified atom stereocenters. The van der Waals surface area contributed by atoms with Crippen LogP contribution in [0.4, 0.5) is 5.69 Å². The molecule has 0 aliphatic carbocycles. The van der Waals surface area contributed by atoms with Gasteiger partial charge in [-0.15, -0.1) is 0 Å². The summed E-state index contributed by atoms with van der Waals surface area (Å²) in [4.78, 5) is 28.4. The number of aromatic nitrogens is 2. The Labute approximate surface area is 143 Å². The number of para-hydroxylation sites is 1. The first-order valence-corrected chi connectivity index (χ1v) is 7.67. The number of nitrogens with one attached hydrogen (secondary N) is 1. The molecule has 1 N–H and O–H groups in total. The number of rotatable bonds is 4. The maximum absolute atomic E-state index is 12.2. The first-order valence-electron chi connectivity index (χ1n) is 7.29. The average Bonchev–Trinajstić information content (AvgIpc) is 2.58. The third-order valence-electron chi connectivity index (χ3n) is 3.39. The van der Waals surface area contributed by atoms with Crippen molar-refractivity contribution in [3.8, 4) is 11.3 Å². The van der Waals surface area contributed by atoms with Crippen LogP contribution >= 0.6 is 11.6 Å². The van der Waals surface area contributed by atoms with Crippen molar-refractivity contribution < 1.29 is 4.79 Å². The molecule has 2 aromatic carbocycles. The number of halogens is 1. The molecule has 3 aromatic rings. The Morgan fingerprint density at radius 3 is 2.46 bits per heavy atom. The standard InChI is InChI=1S/C18H14ClN3O2/c19-14-8-6-13(7-9-14)16-10-18(24)22(12-20-16)11-17(23)21-15-4-2-1-3-5-15/h1-10,12H,11H2,(H,21,23). The van der Waals surface area contributed by atoms with Gasteiger partial charge in [-0.2, -0.15) is 0 Å². The molecule has 0 spiro atoms. The lowest BCUT2D eigenvalue weighted by Gasteiger charge is -2.08. The number of anilines is 1. The lowest BCUT2D eigenvalue weighted by Crippen LogP contribution is -2.27. The number of nitrogens with zero attached hydrogens (tertiary/aromatic N) is 2. The molecule has 6 heteroatoms.